The summed E-state index contributed by atoms with van der Waals surface area (Å²) in [5.74, 6) is 0. The van der Waals surface area contributed by atoms with Crippen LogP contribution in [-0.2, 0) is 0 Å². The minimum atomic E-state index is -2.82. The molecule has 5 heteroatoms. The summed E-state index contributed by atoms with van der Waals surface area (Å²) in [6, 6.07) is 64.8. The first kappa shape index (κ1) is 32.1. The van der Waals surface area contributed by atoms with Crippen molar-refractivity contribution in [3.05, 3.63) is 194 Å². The van der Waals surface area contributed by atoms with Crippen LogP contribution in [0.2, 0.25) is 0 Å². The predicted octanol–water partition coefficient (Wildman–Crippen LogP) is 5.97. The minimum absolute atomic E-state index is 0.719. The Balaban J connectivity index is 1.35. The predicted molar refractivity (Wildman–Crippen MR) is 214 cm³/mol. The topological polar surface area (TPSA) is 37.1 Å². The lowest BCUT2D eigenvalue weighted by Gasteiger charge is -2.30. The Kier molecular flexibility index (Phi) is 9.37. The SMILES string of the molecule is C/C(=N\[Si](c1ccccc1)(c1ccccc1)c1ccccc1)C1=CCC(/C(C)=N/[Si](c2ccccc2)(c2ccccc2)c2ccccc2)=N1. The monoisotopic (exact) mass is 665 g/mol. The normalized spacial score (nSPS) is 13.9. The molecule has 0 amide bonds. The van der Waals surface area contributed by atoms with Gasteiger partial charge in [-0.3, -0.25) is 0 Å². The van der Waals surface area contributed by atoms with Crippen LogP contribution in [0.5, 0.6) is 0 Å². The van der Waals surface area contributed by atoms with Gasteiger partial charge in [-0.25, -0.2) is 4.99 Å². The van der Waals surface area contributed by atoms with Crippen molar-refractivity contribution < 1.29 is 0 Å². The molecule has 3 nitrogen and oxygen atoms in total. The van der Waals surface area contributed by atoms with Gasteiger partial charge in [0.15, 0.2) is 0 Å². The van der Waals surface area contributed by atoms with E-state index in [4.69, 9.17) is 14.3 Å². The number of aliphatic imine (C=N–C) groups is 1. The van der Waals surface area contributed by atoms with E-state index in [1.54, 1.807) is 0 Å². The summed E-state index contributed by atoms with van der Waals surface area (Å²) in [5, 5.41) is 7.49. The summed E-state index contributed by atoms with van der Waals surface area (Å²) < 4.78 is 11.5. The van der Waals surface area contributed by atoms with Crippen molar-refractivity contribution in [1.29, 1.82) is 0 Å². The van der Waals surface area contributed by atoms with Crippen molar-refractivity contribution in [2.45, 2.75) is 20.3 Å². The standard InChI is InChI=1S/C44H39N3Si2/c1-35(46-48(37-21-9-3-10-22-37,38-23-11-4-12-24-38)39-25-13-5-14-26-39)43-33-34-44(45-43)36(2)47-49(40-27-15-6-16-28-40,41-29-17-7-18-30-41)42-31-19-8-20-32-42/h3-33H,34H2,1-2H3/b46-35+,47-36+. The molecule has 0 unspecified atom stereocenters. The van der Waals surface area contributed by atoms with Gasteiger partial charge in [-0.15, -0.1) is 0 Å². The number of hydrogen-bond donors (Lipinski definition) is 0. The van der Waals surface area contributed by atoms with Gasteiger partial charge in [0.25, 0.3) is 16.5 Å². The molecule has 0 spiro atoms. The number of rotatable bonds is 10. The fourth-order valence-electron chi connectivity index (χ4n) is 6.98. The van der Waals surface area contributed by atoms with Crippen LogP contribution in [0.1, 0.15) is 20.3 Å². The Morgan fingerprint density at radius 3 is 0.959 bits per heavy atom. The van der Waals surface area contributed by atoms with Gasteiger partial charge >= 0.3 is 0 Å². The van der Waals surface area contributed by atoms with Gasteiger partial charge in [-0.05, 0) is 45.0 Å². The Labute approximate surface area is 292 Å². The molecule has 1 aliphatic rings. The molecule has 49 heavy (non-hydrogen) atoms. The maximum absolute atomic E-state index is 5.77. The van der Waals surface area contributed by atoms with Crippen molar-refractivity contribution in [2.24, 2.45) is 14.3 Å². The first-order valence-electron chi connectivity index (χ1n) is 16.9. The maximum Gasteiger partial charge on any atom is 0.273 e. The van der Waals surface area contributed by atoms with Crippen LogP contribution in [0.25, 0.3) is 0 Å². The molecule has 0 radical (unpaired) electrons. The van der Waals surface area contributed by atoms with Crippen LogP contribution in [-0.4, -0.2) is 33.6 Å². The average molecular weight is 666 g/mol. The lowest BCUT2D eigenvalue weighted by atomic mass is 10.2. The molecule has 1 heterocycles. The summed E-state index contributed by atoms with van der Waals surface area (Å²) >= 11 is 0. The van der Waals surface area contributed by atoms with Crippen LogP contribution in [0, 0.1) is 0 Å². The van der Waals surface area contributed by atoms with Crippen LogP contribution in [0.4, 0.5) is 0 Å². The highest BCUT2D eigenvalue weighted by Crippen LogP contribution is 2.19. The molecule has 0 aromatic heterocycles. The maximum atomic E-state index is 5.77. The Hall–Kier alpha value is -5.50. The molecule has 6 aromatic rings. The molecule has 0 bridgehead atoms. The molecule has 238 valence electrons. The first-order chi connectivity index (χ1) is 24.1. The van der Waals surface area contributed by atoms with Crippen molar-refractivity contribution >= 4 is 64.7 Å². The highest BCUT2D eigenvalue weighted by molar-refractivity contribution is 7.11. The quantitative estimate of drug-likeness (QED) is 0.0983. The van der Waals surface area contributed by atoms with Gasteiger partial charge in [0, 0.05) is 17.8 Å². The van der Waals surface area contributed by atoms with E-state index in [1.807, 2.05) is 0 Å². The van der Waals surface area contributed by atoms with Crippen molar-refractivity contribution in [1.82, 2.24) is 0 Å². The zero-order chi connectivity index (χ0) is 33.5. The average Bonchev–Trinajstić information content (AvgIpc) is 3.69. The van der Waals surface area contributed by atoms with Crippen molar-refractivity contribution in [3.63, 3.8) is 0 Å². The Morgan fingerprint density at radius 2 is 0.673 bits per heavy atom. The fraction of sp³-hybridized carbons (Fsp3) is 0.0682. The van der Waals surface area contributed by atoms with Crippen LogP contribution in [0.3, 0.4) is 0 Å². The van der Waals surface area contributed by atoms with Crippen LogP contribution < -0.4 is 31.1 Å². The molecular weight excluding hydrogens is 627 g/mol. The van der Waals surface area contributed by atoms with Gasteiger partial charge in [0.2, 0.25) is 0 Å². The first-order valence-corrected chi connectivity index (χ1v) is 20.8. The molecule has 0 N–H and O–H groups in total. The van der Waals surface area contributed by atoms with E-state index >= 15 is 0 Å². The largest absolute Gasteiger partial charge is 0.307 e. The number of benzene rings is 6. The second-order valence-electron chi connectivity index (χ2n) is 12.4. The van der Waals surface area contributed by atoms with E-state index < -0.39 is 16.5 Å². The van der Waals surface area contributed by atoms with E-state index in [-0.39, 0.29) is 0 Å². The Bertz CT molecular complexity index is 1930. The highest BCUT2D eigenvalue weighted by Gasteiger charge is 2.42. The van der Waals surface area contributed by atoms with E-state index in [0.29, 0.717) is 0 Å². The lowest BCUT2D eigenvalue weighted by molar-refractivity contribution is 1.45. The molecule has 1 aliphatic heterocycles. The molecule has 0 aliphatic carbocycles. The molecule has 7 rings (SSSR count). The molecule has 0 fully saturated rings. The van der Waals surface area contributed by atoms with Gasteiger partial charge in [0.1, 0.15) is 0 Å². The third kappa shape index (κ3) is 6.26. The van der Waals surface area contributed by atoms with Crippen LogP contribution >= 0.6 is 0 Å². The van der Waals surface area contributed by atoms with Crippen LogP contribution in [0.15, 0.2) is 208 Å². The molecular formula is C44H39N3Si2. The van der Waals surface area contributed by atoms with Crippen molar-refractivity contribution in [2.75, 3.05) is 0 Å². The summed E-state index contributed by atoms with van der Waals surface area (Å²) in [6.07, 6.45) is 2.95. The minimum Gasteiger partial charge on any atom is -0.307 e. The molecule has 0 atom stereocenters. The zero-order valence-corrected chi connectivity index (χ0v) is 29.9. The second-order valence-corrected chi connectivity index (χ2v) is 19.1. The second kappa shape index (κ2) is 14.3. The van der Waals surface area contributed by atoms with E-state index in [1.165, 1.54) is 31.1 Å². The van der Waals surface area contributed by atoms with E-state index in [9.17, 15) is 0 Å². The summed E-state index contributed by atoms with van der Waals surface area (Å²) in [7, 11) is -5.63. The van der Waals surface area contributed by atoms with Gasteiger partial charge < -0.3 is 9.32 Å². The lowest BCUT2D eigenvalue weighted by Crippen LogP contribution is -2.66. The zero-order valence-electron chi connectivity index (χ0n) is 27.9. The van der Waals surface area contributed by atoms with Gasteiger partial charge in [-0.2, -0.15) is 0 Å². The fourth-order valence-corrected chi connectivity index (χ4v) is 15.0. The van der Waals surface area contributed by atoms with Crippen molar-refractivity contribution in [3.8, 4) is 0 Å². The molecule has 0 saturated heterocycles. The smallest absolute Gasteiger partial charge is 0.273 e. The van der Waals surface area contributed by atoms with Gasteiger partial charge in [-0.1, -0.05) is 188 Å². The Morgan fingerprint density at radius 1 is 0.408 bits per heavy atom. The van der Waals surface area contributed by atoms with Gasteiger partial charge in [0.05, 0.1) is 11.4 Å². The summed E-state index contributed by atoms with van der Waals surface area (Å²) in [5.41, 5.74) is 3.84. The van der Waals surface area contributed by atoms with E-state index in [0.717, 1.165) is 29.3 Å². The number of allylic oxidation sites excluding steroid dienone is 2. The number of hydrogen-bond acceptors (Lipinski definition) is 3. The third-order valence-electron chi connectivity index (χ3n) is 9.35. The highest BCUT2D eigenvalue weighted by atomic mass is 28.3. The van der Waals surface area contributed by atoms with E-state index in [2.05, 4.69) is 202 Å². The number of nitrogens with zero attached hydrogens (tertiary/aromatic N) is 3. The summed E-state index contributed by atoms with van der Waals surface area (Å²) in [4.78, 5) is 5.28. The molecule has 0 saturated carbocycles. The molecule has 6 aromatic carbocycles. The third-order valence-corrected chi connectivity index (χ3v) is 17.7. The summed E-state index contributed by atoms with van der Waals surface area (Å²) in [6.45, 7) is 4.26.